The molecule has 0 amide bonds. The van der Waals surface area contributed by atoms with Crippen LogP contribution in [0.5, 0.6) is 0 Å². The maximum Gasteiger partial charge on any atom is 0.275 e. The molecule has 1 heterocycles. The molecule has 0 saturated heterocycles. The Hall–Kier alpha value is -1.78. The first-order valence-electron chi connectivity index (χ1n) is 3.43. The molecule has 1 aromatic heterocycles. The zero-order chi connectivity index (χ0) is 8.97. The van der Waals surface area contributed by atoms with Crippen LogP contribution in [-0.2, 0) is 0 Å². The van der Waals surface area contributed by atoms with Gasteiger partial charge in [-0.2, -0.15) is 0 Å². The van der Waals surface area contributed by atoms with Gasteiger partial charge in [0.25, 0.3) is 5.56 Å². The number of aromatic nitrogens is 2. The Morgan fingerprint density at radius 2 is 2.58 bits per heavy atom. The van der Waals surface area contributed by atoms with E-state index in [1.54, 1.807) is 6.08 Å². The predicted molar refractivity (Wildman–Crippen MR) is 48.0 cm³/mol. The van der Waals surface area contributed by atoms with Crippen molar-refractivity contribution in [3.05, 3.63) is 29.2 Å². The second kappa shape index (κ2) is 3.56. The molecule has 0 aromatic carbocycles. The van der Waals surface area contributed by atoms with E-state index in [2.05, 4.69) is 21.9 Å². The average molecular weight is 166 g/mol. The summed E-state index contributed by atoms with van der Waals surface area (Å²) in [5.41, 5.74) is 5.04. The number of hydrogen-bond donors (Lipinski definition) is 3. The van der Waals surface area contributed by atoms with Crippen molar-refractivity contribution < 1.29 is 0 Å². The number of hydrogen-bond acceptors (Lipinski definition) is 4. The molecule has 0 spiro atoms. The first-order valence-corrected chi connectivity index (χ1v) is 3.43. The van der Waals surface area contributed by atoms with Crippen LogP contribution in [0, 0.1) is 0 Å². The van der Waals surface area contributed by atoms with Crippen LogP contribution >= 0.6 is 0 Å². The Morgan fingerprint density at radius 1 is 1.83 bits per heavy atom. The van der Waals surface area contributed by atoms with Crippen molar-refractivity contribution in [3.8, 4) is 0 Å². The number of anilines is 2. The lowest BCUT2D eigenvalue weighted by Gasteiger charge is -2.00. The van der Waals surface area contributed by atoms with Crippen LogP contribution in [-0.4, -0.2) is 16.5 Å². The van der Waals surface area contributed by atoms with Gasteiger partial charge in [0, 0.05) is 6.54 Å². The van der Waals surface area contributed by atoms with Crippen molar-refractivity contribution in [1.82, 2.24) is 9.97 Å². The molecule has 0 bridgehead atoms. The van der Waals surface area contributed by atoms with E-state index < -0.39 is 0 Å². The molecule has 5 nitrogen and oxygen atoms in total. The molecule has 0 aliphatic rings. The molecule has 0 atom stereocenters. The molecular weight excluding hydrogens is 156 g/mol. The normalized spacial score (nSPS) is 9.33. The third-order valence-corrected chi connectivity index (χ3v) is 1.24. The van der Waals surface area contributed by atoms with Gasteiger partial charge < -0.3 is 11.1 Å². The number of H-pyrrole nitrogens is 1. The summed E-state index contributed by atoms with van der Waals surface area (Å²) in [6, 6.07) is 0. The monoisotopic (exact) mass is 166 g/mol. The zero-order valence-corrected chi connectivity index (χ0v) is 6.50. The second-order valence-corrected chi connectivity index (χ2v) is 2.19. The van der Waals surface area contributed by atoms with Crippen LogP contribution in [0.1, 0.15) is 0 Å². The molecule has 64 valence electrons. The van der Waals surface area contributed by atoms with E-state index in [1.807, 2.05) is 0 Å². The topological polar surface area (TPSA) is 83.8 Å². The lowest BCUT2D eigenvalue weighted by Crippen LogP contribution is -2.15. The number of nitrogens with two attached hydrogens (primary N) is 1. The summed E-state index contributed by atoms with van der Waals surface area (Å²) in [6.45, 7) is 4.06. The Bertz CT molecular complexity index is 330. The summed E-state index contributed by atoms with van der Waals surface area (Å²) < 4.78 is 0. The molecule has 1 aromatic rings. The van der Waals surface area contributed by atoms with Gasteiger partial charge in [-0.15, -0.1) is 6.58 Å². The lowest BCUT2D eigenvalue weighted by atomic mass is 10.5. The van der Waals surface area contributed by atoms with Crippen LogP contribution < -0.4 is 16.6 Å². The van der Waals surface area contributed by atoms with E-state index >= 15 is 0 Å². The molecule has 0 aliphatic heterocycles. The minimum Gasteiger partial charge on any atom is -0.393 e. The Morgan fingerprint density at radius 3 is 3.17 bits per heavy atom. The van der Waals surface area contributed by atoms with Crippen molar-refractivity contribution in [2.75, 3.05) is 17.6 Å². The number of aromatic amines is 1. The zero-order valence-electron chi connectivity index (χ0n) is 6.50. The summed E-state index contributed by atoms with van der Waals surface area (Å²) >= 11 is 0. The van der Waals surface area contributed by atoms with Crippen molar-refractivity contribution in [2.45, 2.75) is 0 Å². The fourth-order valence-electron chi connectivity index (χ4n) is 0.663. The van der Waals surface area contributed by atoms with Crippen LogP contribution in [0.15, 0.2) is 23.6 Å². The van der Waals surface area contributed by atoms with E-state index in [4.69, 9.17) is 5.73 Å². The highest BCUT2D eigenvalue weighted by Crippen LogP contribution is 1.93. The molecule has 0 unspecified atom stereocenters. The number of nitrogens with zero attached hydrogens (tertiary/aromatic N) is 1. The van der Waals surface area contributed by atoms with Crippen LogP contribution in [0.25, 0.3) is 0 Å². The van der Waals surface area contributed by atoms with Crippen LogP contribution in [0.4, 0.5) is 11.6 Å². The summed E-state index contributed by atoms with van der Waals surface area (Å²) in [4.78, 5) is 17.2. The number of nitrogens with one attached hydrogen (secondary N) is 2. The lowest BCUT2D eigenvalue weighted by molar-refractivity contribution is 1.09. The summed E-state index contributed by atoms with van der Waals surface area (Å²) in [5, 5.41) is 2.82. The van der Waals surface area contributed by atoms with E-state index in [0.29, 0.717) is 12.5 Å². The van der Waals surface area contributed by atoms with E-state index in [0.717, 1.165) is 0 Å². The van der Waals surface area contributed by atoms with Crippen molar-refractivity contribution >= 4 is 11.6 Å². The quantitative estimate of drug-likeness (QED) is 0.550. The first-order chi connectivity index (χ1) is 5.74. The minimum absolute atomic E-state index is 0.110. The summed E-state index contributed by atoms with van der Waals surface area (Å²) in [6.07, 6.45) is 2.97. The highest BCUT2D eigenvalue weighted by molar-refractivity contribution is 5.36. The van der Waals surface area contributed by atoms with Gasteiger partial charge in [-0.3, -0.25) is 9.78 Å². The van der Waals surface area contributed by atoms with E-state index in [-0.39, 0.29) is 11.2 Å². The fraction of sp³-hybridized carbons (Fsp3) is 0.143. The van der Waals surface area contributed by atoms with Crippen LogP contribution in [0.2, 0.25) is 0 Å². The van der Waals surface area contributed by atoms with Gasteiger partial charge in [-0.1, -0.05) is 6.08 Å². The smallest absolute Gasteiger partial charge is 0.275 e. The van der Waals surface area contributed by atoms with E-state index in [1.165, 1.54) is 6.20 Å². The Kier molecular flexibility index (Phi) is 2.47. The molecule has 0 aliphatic carbocycles. The molecule has 1 rings (SSSR count). The third kappa shape index (κ3) is 1.85. The maximum atomic E-state index is 10.9. The maximum absolute atomic E-state index is 10.9. The summed E-state index contributed by atoms with van der Waals surface area (Å²) in [7, 11) is 0. The molecule has 0 saturated carbocycles. The highest BCUT2D eigenvalue weighted by Gasteiger charge is 1.95. The molecule has 0 fully saturated rings. The summed E-state index contributed by atoms with van der Waals surface area (Å²) in [5.74, 6) is 0.397. The van der Waals surface area contributed by atoms with Gasteiger partial charge in [0.05, 0.1) is 6.20 Å². The van der Waals surface area contributed by atoms with E-state index in [9.17, 15) is 4.79 Å². The molecule has 4 N–H and O–H groups in total. The third-order valence-electron chi connectivity index (χ3n) is 1.24. The van der Waals surface area contributed by atoms with Gasteiger partial charge in [-0.25, -0.2) is 4.98 Å². The van der Waals surface area contributed by atoms with Gasteiger partial charge in [0.1, 0.15) is 5.69 Å². The minimum atomic E-state index is -0.337. The SMILES string of the molecule is C=CCNc1ncc(N)c(=O)[nH]1. The first kappa shape index (κ1) is 8.32. The largest absolute Gasteiger partial charge is 0.393 e. The highest BCUT2D eigenvalue weighted by atomic mass is 16.1. The standard InChI is InChI=1S/C7H10N4O/c1-2-3-9-7-10-4-5(8)6(12)11-7/h2,4H,1,3,8H2,(H2,9,10,11,12). The van der Waals surface area contributed by atoms with Gasteiger partial charge in [-0.05, 0) is 0 Å². The van der Waals surface area contributed by atoms with Crippen molar-refractivity contribution in [3.63, 3.8) is 0 Å². The molecule has 0 radical (unpaired) electrons. The van der Waals surface area contributed by atoms with Crippen molar-refractivity contribution in [1.29, 1.82) is 0 Å². The second-order valence-electron chi connectivity index (χ2n) is 2.19. The number of nitrogen functional groups attached to an aromatic ring is 1. The number of rotatable bonds is 3. The molecular formula is C7H10N4O. The van der Waals surface area contributed by atoms with Gasteiger partial charge in [0.15, 0.2) is 0 Å². The van der Waals surface area contributed by atoms with Crippen molar-refractivity contribution in [2.24, 2.45) is 0 Å². The molecule has 12 heavy (non-hydrogen) atoms. The Balaban J connectivity index is 2.82. The van der Waals surface area contributed by atoms with Gasteiger partial charge >= 0.3 is 0 Å². The van der Waals surface area contributed by atoms with Gasteiger partial charge in [0.2, 0.25) is 5.95 Å². The van der Waals surface area contributed by atoms with Crippen LogP contribution in [0.3, 0.4) is 0 Å². The predicted octanol–water partition coefficient (Wildman–Crippen LogP) is -0.0500. The average Bonchev–Trinajstić information content (AvgIpc) is 2.07. The fourth-order valence-corrected chi connectivity index (χ4v) is 0.663. The Labute approximate surface area is 69.3 Å². The molecule has 5 heteroatoms.